The Labute approximate surface area is 90.2 Å². The number of aliphatic hydroxyl groups is 2. The van der Waals surface area contributed by atoms with Gasteiger partial charge in [-0.15, -0.1) is 0 Å². The van der Waals surface area contributed by atoms with Gasteiger partial charge in [-0.25, -0.2) is 4.79 Å². The Kier molecular flexibility index (Phi) is 6.99. The smallest absolute Gasteiger partial charge is 0.327 e. The van der Waals surface area contributed by atoms with E-state index in [1.165, 1.54) is 19.3 Å². The number of rotatable bonds is 3. The van der Waals surface area contributed by atoms with Gasteiger partial charge in [0.1, 0.15) is 0 Å². The van der Waals surface area contributed by atoms with Crippen LogP contribution in [0.2, 0.25) is 0 Å². The second kappa shape index (κ2) is 7.43. The van der Waals surface area contributed by atoms with Crippen LogP contribution in [0, 0.1) is 5.41 Å². The first-order valence-electron chi connectivity index (χ1n) is 5.17. The van der Waals surface area contributed by atoms with Gasteiger partial charge in [-0.1, -0.05) is 25.8 Å². The van der Waals surface area contributed by atoms with Crippen molar-refractivity contribution in [3.8, 4) is 0 Å². The largest absolute Gasteiger partial charge is 0.478 e. The van der Waals surface area contributed by atoms with Gasteiger partial charge in [0.25, 0.3) is 0 Å². The quantitative estimate of drug-likeness (QED) is 0.619. The first-order valence-corrected chi connectivity index (χ1v) is 5.17. The number of hydrogen-bond donors (Lipinski definition) is 3. The number of aliphatic hydroxyl groups excluding tert-OH is 2. The van der Waals surface area contributed by atoms with Crippen LogP contribution in [-0.4, -0.2) is 34.5 Å². The molecular weight excluding hydrogens is 196 g/mol. The summed E-state index contributed by atoms with van der Waals surface area (Å²) < 4.78 is 0. The second-order valence-electron chi connectivity index (χ2n) is 3.92. The summed E-state index contributed by atoms with van der Waals surface area (Å²) in [5, 5.41) is 25.6. The Morgan fingerprint density at radius 2 is 1.60 bits per heavy atom. The topological polar surface area (TPSA) is 77.8 Å². The van der Waals surface area contributed by atoms with E-state index >= 15 is 0 Å². The lowest BCUT2D eigenvalue weighted by molar-refractivity contribution is -0.131. The van der Waals surface area contributed by atoms with E-state index in [1.807, 2.05) is 0 Å². The maximum absolute atomic E-state index is 9.25. The molecule has 4 nitrogen and oxygen atoms in total. The lowest BCUT2D eigenvalue weighted by Crippen LogP contribution is -2.31. The minimum Gasteiger partial charge on any atom is -0.478 e. The van der Waals surface area contributed by atoms with Crippen molar-refractivity contribution in [1.29, 1.82) is 0 Å². The molecule has 1 aliphatic rings. The third-order valence-corrected chi connectivity index (χ3v) is 2.76. The van der Waals surface area contributed by atoms with Gasteiger partial charge in [0, 0.05) is 11.5 Å². The van der Waals surface area contributed by atoms with Crippen molar-refractivity contribution in [1.82, 2.24) is 0 Å². The predicted molar refractivity (Wildman–Crippen MR) is 57.5 cm³/mol. The van der Waals surface area contributed by atoms with Crippen LogP contribution in [0.15, 0.2) is 12.7 Å². The van der Waals surface area contributed by atoms with Crippen LogP contribution in [0.3, 0.4) is 0 Å². The fourth-order valence-electron chi connectivity index (χ4n) is 1.67. The van der Waals surface area contributed by atoms with Gasteiger partial charge in [-0.05, 0) is 12.8 Å². The number of aliphatic carboxylic acids is 1. The molecule has 4 heteroatoms. The van der Waals surface area contributed by atoms with Crippen molar-refractivity contribution in [3.05, 3.63) is 12.7 Å². The fourth-order valence-corrected chi connectivity index (χ4v) is 1.67. The van der Waals surface area contributed by atoms with Crippen LogP contribution >= 0.6 is 0 Å². The van der Waals surface area contributed by atoms with Crippen molar-refractivity contribution < 1.29 is 20.1 Å². The van der Waals surface area contributed by atoms with E-state index in [1.54, 1.807) is 0 Å². The SMILES string of the molecule is C=CC(=O)O.OCC1(CO)CCCCC1. The Morgan fingerprint density at radius 1 is 1.20 bits per heavy atom. The van der Waals surface area contributed by atoms with Gasteiger partial charge in [-0.2, -0.15) is 0 Å². The summed E-state index contributed by atoms with van der Waals surface area (Å²) in [4.78, 5) is 9.25. The van der Waals surface area contributed by atoms with Gasteiger partial charge in [0.15, 0.2) is 0 Å². The van der Waals surface area contributed by atoms with Crippen LogP contribution in [0.4, 0.5) is 0 Å². The summed E-state index contributed by atoms with van der Waals surface area (Å²) >= 11 is 0. The average Bonchev–Trinajstić information content (AvgIpc) is 2.30. The van der Waals surface area contributed by atoms with E-state index < -0.39 is 5.97 Å². The molecule has 0 unspecified atom stereocenters. The molecule has 0 radical (unpaired) electrons. The highest BCUT2D eigenvalue weighted by atomic mass is 16.4. The summed E-state index contributed by atoms with van der Waals surface area (Å²) in [6.45, 7) is 3.27. The molecule has 0 spiro atoms. The molecule has 0 heterocycles. The number of carboxylic acids is 1. The summed E-state index contributed by atoms with van der Waals surface area (Å²) in [5.74, 6) is -0.981. The van der Waals surface area contributed by atoms with Crippen LogP contribution in [0.1, 0.15) is 32.1 Å². The molecule has 0 aliphatic heterocycles. The summed E-state index contributed by atoms with van der Waals surface area (Å²) in [6.07, 6.45) is 6.43. The Balaban J connectivity index is 0.000000336. The summed E-state index contributed by atoms with van der Waals surface area (Å²) in [5.41, 5.74) is -0.127. The summed E-state index contributed by atoms with van der Waals surface area (Å²) in [6, 6.07) is 0. The minimum absolute atomic E-state index is 0.127. The standard InChI is InChI=1S/C8H16O2.C3H4O2/c9-6-8(7-10)4-2-1-3-5-8;1-2-3(4)5/h9-10H,1-7H2;2H,1H2,(H,4,5). The van der Waals surface area contributed by atoms with E-state index in [0.29, 0.717) is 0 Å². The van der Waals surface area contributed by atoms with Gasteiger partial charge >= 0.3 is 5.97 Å². The molecule has 1 aliphatic carbocycles. The van der Waals surface area contributed by atoms with Crippen molar-refractivity contribution in [2.45, 2.75) is 32.1 Å². The molecule has 0 bridgehead atoms. The van der Waals surface area contributed by atoms with E-state index in [4.69, 9.17) is 15.3 Å². The highest BCUT2D eigenvalue weighted by molar-refractivity contribution is 5.78. The molecule has 0 atom stereocenters. The fraction of sp³-hybridized carbons (Fsp3) is 0.727. The van der Waals surface area contributed by atoms with E-state index in [-0.39, 0.29) is 18.6 Å². The summed E-state index contributed by atoms with van der Waals surface area (Å²) in [7, 11) is 0. The molecule has 0 aromatic carbocycles. The van der Waals surface area contributed by atoms with Crippen molar-refractivity contribution in [3.63, 3.8) is 0 Å². The Bertz CT molecular complexity index is 189. The first kappa shape index (κ1) is 14.1. The van der Waals surface area contributed by atoms with Gasteiger partial charge in [0.2, 0.25) is 0 Å². The van der Waals surface area contributed by atoms with Crippen molar-refractivity contribution >= 4 is 5.97 Å². The number of hydrogen-bond acceptors (Lipinski definition) is 3. The molecule has 3 N–H and O–H groups in total. The zero-order valence-electron chi connectivity index (χ0n) is 8.98. The maximum atomic E-state index is 9.25. The molecular formula is C11H20O4. The Morgan fingerprint density at radius 3 is 1.80 bits per heavy atom. The molecule has 0 aromatic heterocycles. The molecule has 1 saturated carbocycles. The van der Waals surface area contributed by atoms with Crippen LogP contribution < -0.4 is 0 Å². The van der Waals surface area contributed by atoms with Gasteiger partial charge in [-0.3, -0.25) is 0 Å². The first-order chi connectivity index (χ1) is 7.10. The zero-order valence-corrected chi connectivity index (χ0v) is 8.98. The van der Waals surface area contributed by atoms with Gasteiger partial charge < -0.3 is 15.3 Å². The number of carboxylic acid groups (broad SMARTS) is 1. The second-order valence-corrected chi connectivity index (χ2v) is 3.92. The Hall–Kier alpha value is -0.870. The predicted octanol–water partition coefficient (Wildman–Crippen LogP) is 1.18. The van der Waals surface area contributed by atoms with E-state index in [0.717, 1.165) is 18.9 Å². The minimum atomic E-state index is -0.981. The molecule has 0 aromatic rings. The van der Waals surface area contributed by atoms with Gasteiger partial charge in [0.05, 0.1) is 13.2 Å². The molecule has 15 heavy (non-hydrogen) atoms. The van der Waals surface area contributed by atoms with Crippen molar-refractivity contribution in [2.24, 2.45) is 5.41 Å². The molecule has 1 rings (SSSR count). The monoisotopic (exact) mass is 216 g/mol. The molecule has 1 fully saturated rings. The van der Waals surface area contributed by atoms with E-state index in [2.05, 4.69) is 6.58 Å². The molecule has 0 saturated heterocycles. The number of carbonyl (C=O) groups is 1. The van der Waals surface area contributed by atoms with Crippen molar-refractivity contribution in [2.75, 3.05) is 13.2 Å². The van der Waals surface area contributed by atoms with Crippen LogP contribution in [-0.2, 0) is 4.79 Å². The molecule has 0 amide bonds. The maximum Gasteiger partial charge on any atom is 0.327 e. The van der Waals surface area contributed by atoms with Crippen LogP contribution in [0.5, 0.6) is 0 Å². The zero-order chi connectivity index (χ0) is 11.7. The lowest BCUT2D eigenvalue weighted by atomic mass is 9.75. The average molecular weight is 216 g/mol. The molecule has 88 valence electrons. The highest BCUT2D eigenvalue weighted by Gasteiger charge is 2.30. The highest BCUT2D eigenvalue weighted by Crippen LogP contribution is 2.34. The third-order valence-electron chi connectivity index (χ3n) is 2.76. The third kappa shape index (κ3) is 5.54. The van der Waals surface area contributed by atoms with E-state index in [9.17, 15) is 4.79 Å². The van der Waals surface area contributed by atoms with Crippen LogP contribution in [0.25, 0.3) is 0 Å². The normalized spacial score (nSPS) is 18.5. The lowest BCUT2D eigenvalue weighted by Gasteiger charge is -2.33.